The summed E-state index contributed by atoms with van der Waals surface area (Å²) in [5.41, 5.74) is 1.31. The molecule has 4 heteroatoms. The molecule has 0 radical (unpaired) electrons. The summed E-state index contributed by atoms with van der Waals surface area (Å²) in [6, 6.07) is 5.39. The van der Waals surface area contributed by atoms with Crippen LogP contribution in [0.1, 0.15) is 29.0 Å². The summed E-state index contributed by atoms with van der Waals surface area (Å²) >= 11 is 0. The Hall–Kier alpha value is -1.42. The second-order valence-electron chi connectivity index (χ2n) is 4.14. The van der Waals surface area contributed by atoms with E-state index in [0.717, 1.165) is 25.1 Å². The summed E-state index contributed by atoms with van der Waals surface area (Å²) in [5, 5.41) is 9.17. The molecule has 1 N–H and O–H groups in total. The number of aliphatic hydroxyl groups excluding tert-OH is 1. The van der Waals surface area contributed by atoms with Crippen molar-refractivity contribution >= 4 is 5.91 Å². The van der Waals surface area contributed by atoms with Crippen molar-refractivity contribution in [2.45, 2.75) is 25.8 Å². The molecule has 0 aromatic carbocycles. The van der Waals surface area contributed by atoms with E-state index in [4.69, 9.17) is 0 Å². The van der Waals surface area contributed by atoms with Crippen molar-refractivity contribution in [2.75, 3.05) is 13.2 Å². The maximum absolute atomic E-state index is 12.1. The van der Waals surface area contributed by atoms with E-state index >= 15 is 0 Å². The lowest BCUT2D eigenvalue weighted by atomic mass is 10.2. The number of aryl methyl sites for hydroxylation is 1. The predicted molar refractivity (Wildman–Crippen MR) is 60.1 cm³/mol. The van der Waals surface area contributed by atoms with Crippen LogP contribution in [0.2, 0.25) is 0 Å². The first-order valence-corrected chi connectivity index (χ1v) is 5.58. The Morgan fingerprint density at radius 2 is 2.44 bits per heavy atom. The van der Waals surface area contributed by atoms with E-state index in [9.17, 15) is 9.90 Å². The first-order valence-electron chi connectivity index (χ1n) is 5.58. The Morgan fingerprint density at radius 3 is 3.12 bits per heavy atom. The number of aliphatic hydroxyl groups is 1. The van der Waals surface area contributed by atoms with Gasteiger partial charge in [-0.3, -0.25) is 4.79 Å². The Morgan fingerprint density at radius 1 is 1.62 bits per heavy atom. The molecule has 2 rings (SSSR count). The number of hydrogen-bond acceptors (Lipinski definition) is 3. The number of carbonyl (C=O) groups excluding carboxylic acids is 1. The Labute approximate surface area is 94.9 Å². The van der Waals surface area contributed by atoms with Crippen molar-refractivity contribution in [3.8, 4) is 0 Å². The van der Waals surface area contributed by atoms with Crippen LogP contribution in [0.25, 0.3) is 0 Å². The molecule has 1 unspecified atom stereocenters. The Bertz CT molecular complexity index is 392. The van der Waals surface area contributed by atoms with E-state index in [1.807, 2.05) is 19.1 Å². The van der Waals surface area contributed by atoms with Crippen LogP contribution in [0.15, 0.2) is 18.2 Å². The largest absolute Gasteiger partial charge is 0.394 e. The van der Waals surface area contributed by atoms with Gasteiger partial charge in [-0.1, -0.05) is 6.07 Å². The fourth-order valence-corrected chi connectivity index (χ4v) is 2.10. The molecule has 86 valence electrons. The fourth-order valence-electron chi connectivity index (χ4n) is 2.10. The van der Waals surface area contributed by atoms with Crippen molar-refractivity contribution in [3.63, 3.8) is 0 Å². The first kappa shape index (κ1) is 11.1. The van der Waals surface area contributed by atoms with Gasteiger partial charge in [-0.05, 0) is 31.9 Å². The SMILES string of the molecule is Cc1cccc(C(=O)N2CCCC2CO)n1. The van der Waals surface area contributed by atoms with Gasteiger partial charge in [0.1, 0.15) is 5.69 Å². The average Bonchev–Trinajstić information content (AvgIpc) is 2.76. The third kappa shape index (κ3) is 2.07. The molecule has 1 aliphatic heterocycles. The number of hydrogen-bond donors (Lipinski definition) is 1. The maximum atomic E-state index is 12.1. The molecule has 0 spiro atoms. The summed E-state index contributed by atoms with van der Waals surface area (Å²) in [6.45, 7) is 2.63. The van der Waals surface area contributed by atoms with Crippen molar-refractivity contribution in [1.29, 1.82) is 0 Å². The highest BCUT2D eigenvalue weighted by molar-refractivity contribution is 5.92. The number of rotatable bonds is 2. The number of amides is 1. The van der Waals surface area contributed by atoms with Crippen LogP contribution in [0.4, 0.5) is 0 Å². The smallest absolute Gasteiger partial charge is 0.272 e. The Kier molecular flexibility index (Phi) is 3.19. The highest BCUT2D eigenvalue weighted by Crippen LogP contribution is 2.18. The average molecular weight is 220 g/mol. The molecule has 16 heavy (non-hydrogen) atoms. The van der Waals surface area contributed by atoms with Crippen LogP contribution in [0.5, 0.6) is 0 Å². The van der Waals surface area contributed by atoms with Crippen LogP contribution in [-0.4, -0.2) is 40.1 Å². The molecule has 0 aliphatic carbocycles. The summed E-state index contributed by atoms with van der Waals surface area (Å²) in [4.78, 5) is 18.1. The summed E-state index contributed by atoms with van der Waals surface area (Å²) in [7, 11) is 0. The van der Waals surface area contributed by atoms with Crippen molar-refractivity contribution < 1.29 is 9.90 Å². The van der Waals surface area contributed by atoms with Gasteiger partial charge in [0.15, 0.2) is 0 Å². The number of likely N-dealkylation sites (tertiary alicyclic amines) is 1. The molecule has 1 saturated heterocycles. The molecule has 1 amide bonds. The molecule has 1 aromatic heterocycles. The van der Waals surface area contributed by atoms with Crippen LogP contribution < -0.4 is 0 Å². The van der Waals surface area contributed by atoms with Crippen LogP contribution in [0, 0.1) is 6.92 Å². The summed E-state index contributed by atoms with van der Waals surface area (Å²) in [5.74, 6) is -0.0692. The minimum Gasteiger partial charge on any atom is -0.394 e. The summed E-state index contributed by atoms with van der Waals surface area (Å²) < 4.78 is 0. The van der Waals surface area contributed by atoms with E-state index in [-0.39, 0.29) is 18.6 Å². The van der Waals surface area contributed by atoms with Crippen LogP contribution >= 0.6 is 0 Å². The lowest BCUT2D eigenvalue weighted by Gasteiger charge is -2.22. The molecular weight excluding hydrogens is 204 g/mol. The van der Waals surface area contributed by atoms with Gasteiger partial charge < -0.3 is 10.0 Å². The molecule has 4 nitrogen and oxygen atoms in total. The number of aromatic nitrogens is 1. The number of nitrogens with zero attached hydrogens (tertiary/aromatic N) is 2. The van der Waals surface area contributed by atoms with Crippen LogP contribution in [-0.2, 0) is 0 Å². The molecule has 1 atom stereocenters. The molecular formula is C12H16N2O2. The molecule has 0 saturated carbocycles. The third-order valence-electron chi connectivity index (χ3n) is 2.96. The van der Waals surface area contributed by atoms with E-state index in [1.54, 1.807) is 11.0 Å². The highest BCUT2D eigenvalue weighted by atomic mass is 16.3. The standard InChI is InChI=1S/C12H16N2O2/c1-9-4-2-6-11(13-9)12(16)14-7-3-5-10(14)8-15/h2,4,6,10,15H,3,5,7-8H2,1H3. The number of carbonyl (C=O) groups is 1. The van der Waals surface area contributed by atoms with Gasteiger partial charge in [0, 0.05) is 12.2 Å². The second-order valence-corrected chi connectivity index (χ2v) is 4.14. The van der Waals surface area contributed by atoms with Gasteiger partial charge in [-0.2, -0.15) is 0 Å². The van der Waals surface area contributed by atoms with Crippen molar-refractivity contribution in [2.24, 2.45) is 0 Å². The lowest BCUT2D eigenvalue weighted by molar-refractivity contribution is 0.0671. The zero-order chi connectivity index (χ0) is 11.5. The van der Waals surface area contributed by atoms with E-state index < -0.39 is 0 Å². The zero-order valence-electron chi connectivity index (χ0n) is 9.39. The minimum absolute atomic E-state index is 0.0326. The van der Waals surface area contributed by atoms with Crippen LogP contribution in [0.3, 0.4) is 0 Å². The zero-order valence-corrected chi connectivity index (χ0v) is 9.39. The normalized spacial score (nSPS) is 20.1. The van der Waals surface area contributed by atoms with Crippen molar-refractivity contribution in [3.05, 3.63) is 29.6 Å². The van der Waals surface area contributed by atoms with Crippen molar-refractivity contribution in [1.82, 2.24) is 9.88 Å². The van der Waals surface area contributed by atoms with Gasteiger partial charge >= 0.3 is 0 Å². The van der Waals surface area contributed by atoms with Gasteiger partial charge in [0.25, 0.3) is 5.91 Å². The number of pyridine rings is 1. The second kappa shape index (κ2) is 4.61. The van der Waals surface area contributed by atoms with Gasteiger partial charge in [0.05, 0.1) is 12.6 Å². The van der Waals surface area contributed by atoms with Gasteiger partial charge in [0.2, 0.25) is 0 Å². The molecule has 1 aromatic rings. The fraction of sp³-hybridized carbons (Fsp3) is 0.500. The van der Waals surface area contributed by atoms with E-state index in [2.05, 4.69) is 4.98 Å². The molecule has 1 aliphatic rings. The summed E-state index contributed by atoms with van der Waals surface area (Å²) in [6.07, 6.45) is 1.84. The highest BCUT2D eigenvalue weighted by Gasteiger charge is 2.29. The molecule has 1 fully saturated rings. The third-order valence-corrected chi connectivity index (χ3v) is 2.96. The maximum Gasteiger partial charge on any atom is 0.272 e. The quantitative estimate of drug-likeness (QED) is 0.808. The molecule has 2 heterocycles. The molecule has 0 bridgehead atoms. The van der Waals surface area contributed by atoms with Gasteiger partial charge in [-0.25, -0.2) is 4.98 Å². The first-order chi connectivity index (χ1) is 7.72. The lowest BCUT2D eigenvalue weighted by Crippen LogP contribution is -2.38. The monoisotopic (exact) mass is 220 g/mol. The van der Waals surface area contributed by atoms with Gasteiger partial charge in [-0.15, -0.1) is 0 Å². The van der Waals surface area contributed by atoms with E-state index in [1.165, 1.54) is 0 Å². The predicted octanol–water partition coefficient (Wildman–Crippen LogP) is 0.987. The van der Waals surface area contributed by atoms with E-state index in [0.29, 0.717) is 5.69 Å². The topological polar surface area (TPSA) is 53.4 Å². The minimum atomic E-state index is -0.0692. The Balaban J connectivity index is 2.18.